The Morgan fingerprint density at radius 1 is 1.26 bits per heavy atom. The summed E-state index contributed by atoms with van der Waals surface area (Å²) in [5, 5.41) is 25.2. The van der Waals surface area contributed by atoms with Gasteiger partial charge in [0.15, 0.2) is 5.43 Å². The Labute approximate surface area is 178 Å². The maximum atomic E-state index is 13.4. The van der Waals surface area contributed by atoms with Crippen molar-refractivity contribution in [1.29, 1.82) is 5.26 Å². The molecule has 1 spiro atoms. The minimum Gasteiger partial charge on any atom is -0.464 e. The number of aliphatic hydroxyl groups is 1. The predicted octanol–water partition coefficient (Wildman–Crippen LogP) is 2.83. The molecule has 5 rings (SSSR count). The van der Waals surface area contributed by atoms with Gasteiger partial charge in [0, 0.05) is 17.8 Å². The zero-order chi connectivity index (χ0) is 22.0. The highest BCUT2D eigenvalue weighted by Gasteiger charge is 2.70. The molecule has 7 heteroatoms. The van der Waals surface area contributed by atoms with E-state index >= 15 is 0 Å². The Balaban J connectivity index is 1.76. The van der Waals surface area contributed by atoms with Gasteiger partial charge in [-0.25, -0.2) is 0 Å². The Bertz CT molecular complexity index is 1340. The van der Waals surface area contributed by atoms with Gasteiger partial charge < -0.3 is 14.8 Å². The molecular formula is C24H21N3O4. The van der Waals surface area contributed by atoms with Crippen molar-refractivity contribution in [2.75, 3.05) is 18.9 Å². The fraction of sp³-hybridized carbons (Fsp3) is 0.292. The molecule has 0 bridgehead atoms. The van der Waals surface area contributed by atoms with Crippen LogP contribution in [-0.2, 0) is 10.3 Å². The molecular weight excluding hydrogens is 394 g/mol. The number of carbonyl (C=O) groups is 1. The summed E-state index contributed by atoms with van der Waals surface area (Å²) in [6.07, 6.45) is -0.0940. The molecule has 2 aliphatic rings. The van der Waals surface area contributed by atoms with Gasteiger partial charge in [-0.05, 0) is 38.6 Å². The molecule has 3 aromatic rings. The third-order valence-corrected chi connectivity index (χ3v) is 6.87. The number of fused-ring (bicyclic) bond motifs is 3. The summed E-state index contributed by atoms with van der Waals surface area (Å²) in [5.41, 5.74) is -0.913. The largest absolute Gasteiger partial charge is 0.464 e. The second-order valence-corrected chi connectivity index (χ2v) is 8.39. The van der Waals surface area contributed by atoms with Gasteiger partial charge >= 0.3 is 0 Å². The number of carbonyl (C=O) groups excluding carboxylic acids is 1. The molecule has 2 N–H and O–H groups in total. The molecule has 156 valence electrons. The van der Waals surface area contributed by atoms with E-state index in [4.69, 9.17) is 4.42 Å². The number of rotatable bonds is 2. The second-order valence-electron chi connectivity index (χ2n) is 8.39. The number of nitrogens with zero attached hydrogens (tertiary/aromatic N) is 2. The lowest BCUT2D eigenvalue weighted by Gasteiger charge is -2.42. The van der Waals surface area contributed by atoms with E-state index in [9.17, 15) is 20.0 Å². The summed E-state index contributed by atoms with van der Waals surface area (Å²) in [6.45, 7) is 2.27. The number of para-hydroxylation sites is 1. The van der Waals surface area contributed by atoms with E-state index in [-0.39, 0.29) is 17.9 Å². The second kappa shape index (κ2) is 6.51. The maximum Gasteiger partial charge on any atom is 0.251 e. The number of nitrogens with one attached hydrogen (secondary N) is 1. The van der Waals surface area contributed by atoms with Crippen molar-refractivity contribution in [2.24, 2.45) is 5.41 Å². The number of amides is 1. The average Bonchev–Trinajstić information content (AvgIpc) is 3.25. The van der Waals surface area contributed by atoms with E-state index in [0.717, 1.165) is 5.56 Å². The van der Waals surface area contributed by atoms with Crippen LogP contribution in [0.5, 0.6) is 0 Å². The van der Waals surface area contributed by atoms with E-state index < -0.39 is 22.5 Å². The molecule has 0 unspecified atom stereocenters. The summed E-state index contributed by atoms with van der Waals surface area (Å²) in [6, 6.07) is 14.7. The molecule has 0 aliphatic carbocycles. The molecule has 1 amide bonds. The zero-order valence-corrected chi connectivity index (χ0v) is 17.2. The van der Waals surface area contributed by atoms with Crippen LogP contribution in [0.3, 0.4) is 0 Å². The number of likely N-dealkylation sites (N-methyl/N-ethyl adjacent to an activating group) is 1. The van der Waals surface area contributed by atoms with Crippen LogP contribution in [0.25, 0.3) is 11.0 Å². The number of hydrogen-bond acceptors (Lipinski definition) is 6. The number of anilines is 1. The Morgan fingerprint density at radius 3 is 2.81 bits per heavy atom. The molecule has 1 fully saturated rings. The molecule has 2 aromatic carbocycles. The summed E-state index contributed by atoms with van der Waals surface area (Å²) in [4.78, 5) is 28.5. The van der Waals surface area contributed by atoms with E-state index in [1.165, 1.54) is 6.26 Å². The van der Waals surface area contributed by atoms with Gasteiger partial charge in [0.05, 0.1) is 17.0 Å². The van der Waals surface area contributed by atoms with Gasteiger partial charge in [0.25, 0.3) is 5.91 Å². The van der Waals surface area contributed by atoms with E-state index in [1.54, 1.807) is 48.3 Å². The number of hydrogen-bond donors (Lipinski definition) is 2. The summed E-state index contributed by atoms with van der Waals surface area (Å²) >= 11 is 0. The van der Waals surface area contributed by atoms with E-state index in [2.05, 4.69) is 11.4 Å². The monoisotopic (exact) mass is 415 g/mol. The molecule has 7 nitrogen and oxygen atoms in total. The quantitative estimate of drug-likeness (QED) is 0.667. The normalized spacial score (nSPS) is 26.1. The van der Waals surface area contributed by atoms with Gasteiger partial charge in [0.1, 0.15) is 28.9 Å². The highest BCUT2D eigenvalue weighted by atomic mass is 16.3. The Kier molecular flexibility index (Phi) is 4.09. The summed E-state index contributed by atoms with van der Waals surface area (Å²) in [7, 11) is 1.76. The highest BCUT2D eigenvalue weighted by molar-refractivity contribution is 6.07. The molecule has 0 radical (unpaired) electrons. The van der Waals surface area contributed by atoms with Crippen molar-refractivity contribution in [3.8, 4) is 6.07 Å². The summed E-state index contributed by atoms with van der Waals surface area (Å²) < 4.78 is 5.64. The third-order valence-electron chi connectivity index (χ3n) is 6.87. The van der Waals surface area contributed by atoms with Crippen LogP contribution in [0.15, 0.2) is 57.9 Å². The molecule has 31 heavy (non-hydrogen) atoms. The Morgan fingerprint density at radius 2 is 2.03 bits per heavy atom. The summed E-state index contributed by atoms with van der Waals surface area (Å²) in [5.74, 6) is -0.379. The first-order chi connectivity index (χ1) is 14.9. The molecule has 3 heterocycles. The third kappa shape index (κ3) is 2.29. The van der Waals surface area contributed by atoms with Crippen LogP contribution in [0, 0.1) is 23.7 Å². The van der Waals surface area contributed by atoms with Crippen molar-refractivity contribution >= 4 is 22.6 Å². The molecule has 1 saturated heterocycles. The number of likely N-dealkylation sites (tertiary alicyclic amines) is 1. The van der Waals surface area contributed by atoms with Crippen molar-refractivity contribution in [2.45, 2.75) is 25.0 Å². The van der Waals surface area contributed by atoms with Gasteiger partial charge in [-0.1, -0.05) is 29.8 Å². The van der Waals surface area contributed by atoms with Crippen molar-refractivity contribution < 1.29 is 14.3 Å². The van der Waals surface area contributed by atoms with Crippen molar-refractivity contribution in [3.05, 3.63) is 75.6 Å². The first kappa shape index (κ1) is 19.5. The van der Waals surface area contributed by atoms with Crippen LogP contribution in [0.2, 0.25) is 0 Å². The lowest BCUT2D eigenvalue weighted by Crippen LogP contribution is -2.56. The van der Waals surface area contributed by atoms with Gasteiger partial charge in [-0.2, -0.15) is 5.26 Å². The Hall–Kier alpha value is -3.47. The van der Waals surface area contributed by atoms with Crippen LogP contribution in [-0.4, -0.2) is 29.5 Å². The van der Waals surface area contributed by atoms with E-state index in [0.29, 0.717) is 28.8 Å². The topological polar surface area (TPSA) is 107 Å². The molecule has 1 aromatic heterocycles. The van der Waals surface area contributed by atoms with Crippen molar-refractivity contribution in [1.82, 2.24) is 4.90 Å². The first-order valence-corrected chi connectivity index (χ1v) is 10.1. The lowest BCUT2D eigenvalue weighted by atomic mass is 9.63. The standard InChI is InChI=1S/C24H21N3O4/c1-14-7-8-19-15(11-14)20(28)16(12-31-19)21(29)23(13-25)9-10-27(2)24(23)17-5-3-4-6-18(17)26-22(24)30/h3-8,11-12,21,29H,9-10H2,1-2H3,(H,26,30)/t21-,23+,24+/m1/s1. The number of aliphatic hydroxyl groups excluding tert-OH is 1. The number of aryl methyl sites for hydroxylation is 1. The fourth-order valence-corrected chi connectivity index (χ4v) is 5.34. The smallest absolute Gasteiger partial charge is 0.251 e. The highest BCUT2D eigenvalue weighted by Crippen LogP contribution is 2.61. The van der Waals surface area contributed by atoms with Crippen molar-refractivity contribution in [3.63, 3.8) is 0 Å². The SMILES string of the molecule is Cc1ccc2occ([C@@H](O)[C@@]3(C#N)CCN(C)[C@@]34C(=O)Nc3ccccc34)c(=O)c2c1. The molecule has 3 atom stereocenters. The predicted molar refractivity (Wildman–Crippen MR) is 114 cm³/mol. The van der Waals surface area contributed by atoms with Crippen LogP contribution in [0.4, 0.5) is 5.69 Å². The minimum atomic E-state index is -1.58. The van der Waals surface area contributed by atoms with Gasteiger partial charge in [-0.3, -0.25) is 14.5 Å². The maximum absolute atomic E-state index is 13.4. The van der Waals surface area contributed by atoms with Crippen LogP contribution < -0.4 is 10.7 Å². The first-order valence-electron chi connectivity index (χ1n) is 10.1. The number of nitriles is 1. The van der Waals surface area contributed by atoms with Crippen LogP contribution in [0.1, 0.15) is 29.2 Å². The lowest BCUT2D eigenvalue weighted by molar-refractivity contribution is -0.134. The minimum absolute atomic E-state index is 0.0218. The average molecular weight is 415 g/mol. The van der Waals surface area contributed by atoms with Gasteiger partial charge in [0.2, 0.25) is 0 Å². The van der Waals surface area contributed by atoms with Crippen LogP contribution >= 0.6 is 0 Å². The zero-order valence-electron chi connectivity index (χ0n) is 17.2. The number of benzene rings is 2. The van der Waals surface area contributed by atoms with E-state index in [1.807, 2.05) is 13.0 Å². The molecule has 2 aliphatic heterocycles. The molecule has 0 saturated carbocycles. The fourth-order valence-electron chi connectivity index (χ4n) is 5.34. The van der Waals surface area contributed by atoms with Gasteiger partial charge in [-0.15, -0.1) is 0 Å².